The number of hydrogen-bond donors (Lipinski definition) is 1. The minimum atomic E-state index is -3.50. The predicted octanol–water partition coefficient (Wildman–Crippen LogP) is 1.80. The Morgan fingerprint density at radius 2 is 1.77 bits per heavy atom. The second kappa shape index (κ2) is 9.98. The lowest BCUT2D eigenvalue weighted by atomic mass is 9.92. The van der Waals surface area contributed by atoms with Crippen LogP contribution in [0.3, 0.4) is 0 Å². The number of nitrogens with zero attached hydrogens (tertiary/aromatic N) is 2. The number of sulfonamides is 1. The topological polar surface area (TPSA) is 79.0 Å². The van der Waals surface area contributed by atoms with Crippen LogP contribution >= 0.6 is 0 Å². The molecule has 1 aliphatic carbocycles. The van der Waals surface area contributed by atoms with Gasteiger partial charge in [0.1, 0.15) is 0 Å². The van der Waals surface area contributed by atoms with Gasteiger partial charge in [0, 0.05) is 44.7 Å². The number of piperidine rings is 1. The first kappa shape index (κ1) is 22.7. The Morgan fingerprint density at radius 1 is 1.10 bits per heavy atom. The SMILES string of the molecule is CC(CNC(=O)C1CCN(S(=O)(=O)c2ccc3c(c2)CCCC3)CC1)N1CCOCC1. The predicted molar refractivity (Wildman–Crippen MR) is 119 cm³/mol. The highest BCUT2D eigenvalue weighted by atomic mass is 32.2. The summed E-state index contributed by atoms with van der Waals surface area (Å²) in [5.74, 6) is -0.0715. The van der Waals surface area contributed by atoms with Crippen LogP contribution in [-0.2, 0) is 32.4 Å². The molecule has 0 radical (unpaired) electrons. The van der Waals surface area contributed by atoms with E-state index in [2.05, 4.69) is 17.1 Å². The van der Waals surface area contributed by atoms with Crippen LogP contribution < -0.4 is 5.32 Å². The van der Waals surface area contributed by atoms with Crippen LogP contribution in [0.4, 0.5) is 0 Å². The molecule has 1 aromatic carbocycles. The number of fused-ring (bicyclic) bond motifs is 1. The Labute approximate surface area is 186 Å². The van der Waals surface area contributed by atoms with Crippen molar-refractivity contribution in [2.24, 2.45) is 5.92 Å². The third-order valence-corrected chi connectivity index (χ3v) is 8.92. The quantitative estimate of drug-likeness (QED) is 0.717. The third-order valence-electron chi connectivity index (χ3n) is 7.02. The second-order valence-electron chi connectivity index (χ2n) is 9.06. The van der Waals surface area contributed by atoms with Crippen LogP contribution in [0, 0.1) is 5.92 Å². The number of amides is 1. The zero-order chi connectivity index (χ0) is 21.8. The number of hydrogen-bond acceptors (Lipinski definition) is 5. The number of ether oxygens (including phenoxy) is 1. The number of carbonyl (C=O) groups is 1. The second-order valence-corrected chi connectivity index (χ2v) is 11.0. The Kier molecular flexibility index (Phi) is 7.31. The molecule has 2 saturated heterocycles. The Hall–Kier alpha value is -1.48. The first-order valence-electron chi connectivity index (χ1n) is 11.7. The van der Waals surface area contributed by atoms with Gasteiger partial charge in [-0.05, 0) is 68.7 Å². The van der Waals surface area contributed by atoms with Gasteiger partial charge < -0.3 is 10.1 Å². The first-order chi connectivity index (χ1) is 14.9. The molecular weight excluding hydrogens is 414 g/mol. The molecule has 1 N–H and O–H groups in total. The summed E-state index contributed by atoms with van der Waals surface area (Å²) in [4.78, 5) is 15.4. The fourth-order valence-electron chi connectivity index (χ4n) is 4.92. The van der Waals surface area contributed by atoms with Gasteiger partial charge >= 0.3 is 0 Å². The molecule has 1 amide bonds. The van der Waals surface area contributed by atoms with Crippen LogP contribution in [-0.4, -0.2) is 75.5 Å². The summed E-state index contributed by atoms with van der Waals surface area (Å²) >= 11 is 0. The molecule has 0 aromatic heterocycles. The largest absolute Gasteiger partial charge is 0.379 e. The summed E-state index contributed by atoms with van der Waals surface area (Å²) in [7, 11) is -3.50. The summed E-state index contributed by atoms with van der Waals surface area (Å²) in [6.07, 6.45) is 5.45. The molecular formula is C23H35N3O4S. The Balaban J connectivity index is 1.29. The van der Waals surface area contributed by atoms with Gasteiger partial charge in [0.25, 0.3) is 0 Å². The summed E-state index contributed by atoms with van der Waals surface area (Å²) in [5.41, 5.74) is 2.46. The smallest absolute Gasteiger partial charge is 0.243 e. The van der Waals surface area contributed by atoms with Crippen molar-refractivity contribution in [2.75, 3.05) is 45.9 Å². The lowest BCUT2D eigenvalue weighted by Gasteiger charge is -2.33. The van der Waals surface area contributed by atoms with Crippen molar-refractivity contribution in [3.05, 3.63) is 29.3 Å². The summed E-state index contributed by atoms with van der Waals surface area (Å²) < 4.78 is 33.2. The summed E-state index contributed by atoms with van der Waals surface area (Å²) in [5, 5.41) is 3.08. The van der Waals surface area contributed by atoms with E-state index >= 15 is 0 Å². The van der Waals surface area contributed by atoms with Gasteiger partial charge in [-0.25, -0.2) is 8.42 Å². The summed E-state index contributed by atoms with van der Waals surface area (Å²) in [6, 6.07) is 5.88. The number of nitrogens with one attached hydrogen (secondary N) is 1. The highest BCUT2D eigenvalue weighted by molar-refractivity contribution is 7.89. The van der Waals surface area contributed by atoms with Crippen LogP contribution in [0.25, 0.3) is 0 Å². The van der Waals surface area contributed by atoms with Crippen LogP contribution in [0.5, 0.6) is 0 Å². The lowest BCUT2D eigenvalue weighted by Crippen LogP contribution is -2.49. The van der Waals surface area contributed by atoms with Gasteiger partial charge in [-0.1, -0.05) is 6.07 Å². The molecule has 172 valence electrons. The molecule has 4 rings (SSSR count). The number of morpholine rings is 1. The standard InChI is InChI=1S/C23H35N3O4S/c1-18(25-12-14-30-15-13-25)17-24-23(27)20-8-10-26(11-9-20)31(28,29)22-7-6-19-4-2-3-5-21(19)16-22/h6-7,16,18,20H,2-5,8-15,17H2,1H3,(H,24,27). The number of carbonyl (C=O) groups excluding carboxylic acids is 1. The monoisotopic (exact) mass is 449 g/mol. The minimum absolute atomic E-state index is 0.0472. The minimum Gasteiger partial charge on any atom is -0.379 e. The molecule has 1 unspecified atom stereocenters. The fraction of sp³-hybridized carbons (Fsp3) is 0.696. The molecule has 2 aliphatic heterocycles. The van der Waals surface area contributed by atoms with E-state index in [0.29, 0.717) is 37.4 Å². The van der Waals surface area contributed by atoms with Crippen molar-refractivity contribution in [3.63, 3.8) is 0 Å². The van der Waals surface area contributed by atoms with E-state index in [1.54, 1.807) is 10.4 Å². The van der Waals surface area contributed by atoms with Gasteiger partial charge in [-0.3, -0.25) is 9.69 Å². The van der Waals surface area contributed by atoms with Crippen molar-refractivity contribution in [3.8, 4) is 0 Å². The average molecular weight is 450 g/mol. The molecule has 0 spiro atoms. The molecule has 7 nitrogen and oxygen atoms in total. The van der Waals surface area contributed by atoms with Gasteiger partial charge in [0.2, 0.25) is 15.9 Å². The highest BCUT2D eigenvalue weighted by Crippen LogP contribution is 2.28. The van der Waals surface area contributed by atoms with Gasteiger partial charge in [0.05, 0.1) is 18.1 Å². The van der Waals surface area contributed by atoms with E-state index in [-0.39, 0.29) is 17.9 Å². The zero-order valence-corrected chi connectivity index (χ0v) is 19.3. The lowest BCUT2D eigenvalue weighted by molar-refractivity contribution is -0.126. The van der Waals surface area contributed by atoms with Crippen LogP contribution in [0.1, 0.15) is 43.7 Å². The van der Waals surface area contributed by atoms with Crippen LogP contribution in [0.15, 0.2) is 23.1 Å². The van der Waals surface area contributed by atoms with Gasteiger partial charge in [-0.15, -0.1) is 0 Å². The molecule has 2 heterocycles. The fourth-order valence-corrected chi connectivity index (χ4v) is 6.44. The molecule has 8 heteroatoms. The molecule has 2 fully saturated rings. The molecule has 3 aliphatic rings. The van der Waals surface area contributed by atoms with Crippen LogP contribution in [0.2, 0.25) is 0 Å². The van der Waals surface area contributed by atoms with Crippen molar-refractivity contribution in [1.82, 2.24) is 14.5 Å². The molecule has 1 aromatic rings. The molecule has 0 bridgehead atoms. The highest BCUT2D eigenvalue weighted by Gasteiger charge is 2.32. The molecule has 0 saturated carbocycles. The summed E-state index contributed by atoms with van der Waals surface area (Å²) in [6.45, 7) is 6.83. The number of benzene rings is 1. The van der Waals surface area contributed by atoms with E-state index in [4.69, 9.17) is 4.74 Å². The maximum absolute atomic E-state index is 13.1. The maximum Gasteiger partial charge on any atom is 0.243 e. The van der Waals surface area contributed by atoms with E-state index in [0.717, 1.165) is 45.6 Å². The van der Waals surface area contributed by atoms with Gasteiger partial charge in [-0.2, -0.15) is 4.31 Å². The maximum atomic E-state index is 13.1. The number of aryl methyl sites for hydroxylation is 2. The van der Waals surface area contributed by atoms with Gasteiger partial charge in [0.15, 0.2) is 0 Å². The van der Waals surface area contributed by atoms with Crippen molar-refractivity contribution in [1.29, 1.82) is 0 Å². The third kappa shape index (κ3) is 5.30. The van der Waals surface area contributed by atoms with E-state index < -0.39 is 10.0 Å². The van der Waals surface area contributed by atoms with E-state index in [1.165, 1.54) is 17.5 Å². The first-order valence-corrected chi connectivity index (χ1v) is 13.1. The molecule has 31 heavy (non-hydrogen) atoms. The average Bonchev–Trinajstić information content (AvgIpc) is 2.82. The normalized spacial score (nSPS) is 22.6. The zero-order valence-electron chi connectivity index (χ0n) is 18.5. The van der Waals surface area contributed by atoms with Crippen molar-refractivity contribution < 1.29 is 17.9 Å². The van der Waals surface area contributed by atoms with E-state index in [9.17, 15) is 13.2 Å². The van der Waals surface area contributed by atoms with Crippen molar-refractivity contribution in [2.45, 2.75) is 56.4 Å². The Bertz CT molecular complexity index is 875. The molecule has 1 atom stereocenters. The van der Waals surface area contributed by atoms with E-state index in [1.807, 2.05) is 12.1 Å². The van der Waals surface area contributed by atoms with Crippen molar-refractivity contribution >= 4 is 15.9 Å². The Morgan fingerprint density at radius 3 is 2.48 bits per heavy atom. The number of rotatable bonds is 6.